The van der Waals surface area contributed by atoms with Gasteiger partial charge < -0.3 is 24.2 Å². The molecule has 1 aromatic heterocycles. The van der Waals surface area contributed by atoms with Crippen molar-refractivity contribution in [2.45, 2.75) is 19.6 Å². The molecule has 1 N–H and O–H groups in total. The number of fused-ring (bicyclic) bond motifs is 1. The molecule has 0 bridgehead atoms. The normalized spacial score (nSPS) is 14.8. The highest BCUT2D eigenvalue weighted by molar-refractivity contribution is 5.95. The molecule has 1 unspecified atom stereocenters. The SMILES string of the molecule is CCOC(O)c1ccc(OCCCN2CCN(CCOc3ccc4ccccc4c3N=Nc3ccc(N=Nc4ccccc4)cc3)CC2)nc1. The predicted octanol–water partition coefficient (Wildman–Crippen LogP) is 8.56. The van der Waals surface area contributed by atoms with Crippen LogP contribution in [-0.2, 0) is 4.74 Å². The first-order valence-corrected chi connectivity index (χ1v) is 17.1. The van der Waals surface area contributed by atoms with Gasteiger partial charge in [0.1, 0.15) is 18.0 Å². The number of rotatable bonds is 16. The fourth-order valence-electron chi connectivity index (χ4n) is 5.62. The van der Waals surface area contributed by atoms with Crippen LogP contribution in [0.4, 0.5) is 22.7 Å². The largest absolute Gasteiger partial charge is 0.490 e. The number of azo groups is 2. The van der Waals surface area contributed by atoms with E-state index in [0.29, 0.717) is 37.0 Å². The van der Waals surface area contributed by atoms with E-state index in [2.05, 4.69) is 53.4 Å². The van der Waals surface area contributed by atoms with Gasteiger partial charge in [-0.15, -0.1) is 5.11 Å². The van der Waals surface area contributed by atoms with Crippen LogP contribution in [0.2, 0.25) is 0 Å². The van der Waals surface area contributed by atoms with Gasteiger partial charge in [0.25, 0.3) is 0 Å². The van der Waals surface area contributed by atoms with Gasteiger partial charge in [-0.2, -0.15) is 15.3 Å². The van der Waals surface area contributed by atoms with Crippen molar-refractivity contribution in [2.24, 2.45) is 20.5 Å². The topological polar surface area (TPSA) is 117 Å². The van der Waals surface area contributed by atoms with Crippen molar-refractivity contribution >= 4 is 33.5 Å². The molecule has 1 atom stereocenters. The molecule has 0 radical (unpaired) electrons. The van der Waals surface area contributed by atoms with Gasteiger partial charge in [-0.3, -0.25) is 4.90 Å². The molecule has 50 heavy (non-hydrogen) atoms. The highest BCUT2D eigenvalue weighted by Crippen LogP contribution is 2.37. The molecule has 0 aliphatic carbocycles. The summed E-state index contributed by atoms with van der Waals surface area (Å²) in [4.78, 5) is 9.18. The van der Waals surface area contributed by atoms with Crippen LogP contribution in [0.15, 0.2) is 130 Å². The number of aromatic nitrogens is 1. The van der Waals surface area contributed by atoms with E-state index in [-0.39, 0.29) is 0 Å². The number of pyridine rings is 1. The Kier molecular flexibility index (Phi) is 12.6. The van der Waals surface area contributed by atoms with E-state index >= 15 is 0 Å². The van der Waals surface area contributed by atoms with E-state index in [1.807, 2.05) is 79.7 Å². The van der Waals surface area contributed by atoms with Crippen molar-refractivity contribution < 1.29 is 19.3 Å². The summed E-state index contributed by atoms with van der Waals surface area (Å²) in [6, 6.07) is 32.9. The molecule has 0 saturated carbocycles. The molecule has 1 fully saturated rings. The van der Waals surface area contributed by atoms with Crippen molar-refractivity contribution in [1.29, 1.82) is 0 Å². The zero-order valence-electron chi connectivity index (χ0n) is 28.3. The van der Waals surface area contributed by atoms with Crippen LogP contribution in [0.5, 0.6) is 11.6 Å². The van der Waals surface area contributed by atoms with Crippen LogP contribution in [0.25, 0.3) is 10.8 Å². The molecule has 1 aliphatic rings. The number of hydrogen-bond donors (Lipinski definition) is 1. The zero-order valence-corrected chi connectivity index (χ0v) is 28.3. The van der Waals surface area contributed by atoms with E-state index in [4.69, 9.17) is 14.2 Å². The van der Waals surface area contributed by atoms with Crippen LogP contribution < -0.4 is 9.47 Å². The summed E-state index contributed by atoms with van der Waals surface area (Å²) in [5, 5.41) is 29.8. The molecule has 4 aromatic carbocycles. The Hall–Kier alpha value is -5.07. The summed E-state index contributed by atoms with van der Waals surface area (Å²) < 4.78 is 17.3. The van der Waals surface area contributed by atoms with E-state index < -0.39 is 6.29 Å². The first-order valence-electron chi connectivity index (χ1n) is 17.1. The monoisotopic (exact) mass is 673 g/mol. The highest BCUT2D eigenvalue weighted by Gasteiger charge is 2.17. The quantitative estimate of drug-likeness (QED) is 0.0634. The Bertz CT molecular complexity index is 1830. The maximum Gasteiger partial charge on any atom is 0.213 e. The van der Waals surface area contributed by atoms with Crippen molar-refractivity contribution in [3.8, 4) is 11.6 Å². The lowest BCUT2D eigenvalue weighted by Crippen LogP contribution is -2.47. The molecule has 0 amide bonds. The lowest BCUT2D eigenvalue weighted by atomic mass is 10.1. The number of hydrogen-bond acceptors (Lipinski definition) is 11. The lowest BCUT2D eigenvalue weighted by molar-refractivity contribution is -0.0981. The average Bonchev–Trinajstić information content (AvgIpc) is 3.17. The second-order valence-corrected chi connectivity index (χ2v) is 11.9. The fraction of sp³-hybridized carbons (Fsp3) is 0.308. The summed E-state index contributed by atoms with van der Waals surface area (Å²) in [5.74, 6) is 1.27. The van der Waals surface area contributed by atoms with Crippen LogP contribution in [0.3, 0.4) is 0 Å². The standard InChI is InChI=1S/C39H43N7O4/c1-2-48-39(47)31-14-20-37(40-29-31)50-27-8-21-45-22-24-46(25-23-45)26-28-49-36-19-13-30-9-6-7-12-35(30)38(36)44-43-34-17-15-33(16-18-34)42-41-32-10-4-3-5-11-32/h3-7,9-20,29,39,47H,2,8,21-28H2,1H3. The third kappa shape index (κ3) is 9.99. The number of benzene rings is 4. The van der Waals surface area contributed by atoms with Crippen molar-refractivity contribution in [2.75, 3.05) is 59.1 Å². The summed E-state index contributed by atoms with van der Waals surface area (Å²) in [6.07, 6.45) is 1.54. The summed E-state index contributed by atoms with van der Waals surface area (Å²) in [7, 11) is 0. The van der Waals surface area contributed by atoms with E-state index in [1.165, 1.54) is 0 Å². The minimum atomic E-state index is -0.959. The molecule has 2 heterocycles. The molecule has 0 spiro atoms. The first kappa shape index (κ1) is 34.8. The Morgan fingerprint density at radius 2 is 1.34 bits per heavy atom. The Labute approximate surface area is 292 Å². The van der Waals surface area contributed by atoms with Gasteiger partial charge in [-0.25, -0.2) is 4.98 Å². The third-order valence-electron chi connectivity index (χ3n) is 8.38. The first-order chi connectivity index (χ1) is 24.6. The molecule has 1 saturated heterocycles. The van der Waals surface area contributed by atoms with Gasteiger partial charge in [0.05, 0.1) is 23.7 Å². The van der Waals surface area contributed by atoms with Gasteiger partial charge >= 0.3 is 0 Å². The number of ether oxygens (including phenoxy) is 3. The van der Waals surface area contributed by atoms with Crippen molar-refractivity contribution in [3.63, 3.8) is 0 Å². The second kappa shape index (κ2) is 18.1. The Morgan fingerprint density at radius 1 is 0.680 bits per heavy atom. The van der Waals surface area contributed by atoms with Crippen LogP contribution in [0.1, 0.15) is 25.2 Å². The summed E-state index contributed by atoms with van der Waals surface area (Å²) in [6.45, 7) is 9.21. The molecule has 258 valence electrons. The van der Waals surface area contributed by atoms with Gasteiger partial charge in [0.15, 0.2) is 6.29 Å². The van der Waals surface area contributed by atoms with Gasteiger partial charge in [0.2, 0.25) is 5.88 Å². The third-order valence-corrected chi connectivity index (χ3v) is 8.38. The van der Waals surface area contributed by atoms with Gasteiger partial charge in [0, 0.05) is 69.1 Å². The molecular formula is C39H43N7O4. The van der Waals surface area contributed by atoms with E-state index in [0.717, 1.165) is 79.2 Å². The molecule has 11 nitrogen and oxygen atoms in total. The predicted molar refractivity (Wildman–Crippen MR) is 194 cm³/mol. The van der Waals surface area contributed by atoms with E-state index in [1.54, 1.807) is 18.3 Å². The zero-order chi connectivity index (χ0) is 34.4. The maximum atomic E-state index is 9.90. The fourth-order valence-corrected chi connectivity index (χ4v) is 5.62. The average molecular weight is 674 g/mol. The summed E-state index contributed by atoms with van der Waals surface area (Å²) >= 11 is 0. The Balaban J connectivity index is 0.957. The molecule has 11 heteroatoms. The minimum absolute atomic E-state index is 0.435. The van der Waals surface area contributed by atoms with Crippen LogP contribution in [-0.4, -0.2) is 79.0 Å². The van der Waals surface area contributed by atoms with Gasteiger partial charge in [-0.1, -0.05) is 48.5 Å². The van der Waals surface area contributed by atoms with E-state index in [9.17, 15) is 5.11 Å². The second-order valence-electron chi connectivity index (χ2n) is 11.9. The minimum Gasteiger partial charge on any atom is -0.490 e. The smallest absolute Gasteiger partial charge is 0.213 e. The van der Waals surface area contributed by atoms with Crippen LogP contribution >= 0.6 is 0 Å². The number of aliphatic hydroxyl groups is 1. The number of aliphatic hydroxyl groups excluding tert-OH is 1. The maximum absolute atomic E-state index is 9.90. The van der Waals surface area contributed by atoms with Crippen molar-refractivity contribution in [3.05, 3.63) is 115 Å². The lowest BCUT2D eigenvalue weighted by Gasteiger charge is -2.34. The summed E-state index contributed by atoms with van der Waals surface area (Å²) in [5.41, 5.74) is 3.60. The molecule has 1 aliphatic heterocycles. The van der Waals surface area contributed by atoms with Gasteiger partial charge in [-0.05, 0) is 67.3 Å². The molecule has 6 rings (SSSR count). The Morgan fingerprint density at radius 3 is 2.04 bits per heavy atom. The number of piperazine rings is 1. The highest BCUT2D eigenvalue weighted by atomic mass is 16.6. The molecule has 5 aromatic rings. The van der Waals surface area contributed by atoms with Crippen LogP contribution in [0, 0.1) is 0 Å². The number of nitrogens with zero attached hydrogens (tertiary/aromatic N) is 7. The van der Waals surface area contributed by atoms with Crippen molar-refractivity contribution in [1.82, 2.24) is 14.8 Å². The molecular weight excluding hydrogens is 630 g/mol.